The normalized spacial score (nSPS) is 28.0. The third-order valence-corrected chi connectivity index (χ3v) is 6.74. The Bertz CT molecular complexity index is 839. The van der Waals surface area contributed by atoms with E-state index in [1.165, 1.54) is 25.7 Å². The maximum absolute atomic E-state index is 12.5. The average molecular weight is 373 g/mol. The molecular weight excluding hydrogens is 340 g/mol. The first-order valence-corrected chi connectivity index (χ1v) is 10.4. The Kier molecular flexibility index (Phi) is 5.12. The highest BCUT2D eigenvalue weighted by molar-refractivity contribution is 5.74. The van der Waals surface area contributed by atoms with E-state index in [1.54, 1.807) is 6.20 Å². The zero-order valence-electron chi connectivity index (χ0n) is 16.8. The van der Waals surface area contributed by atoms with E-state index >= 15 is 0 Å². The van der Waals surface area contributed by atoms with Crippen LogP contribution in [0.15, 0.2) is 17.1 Å². The van der Waals surface area contributed by atoms with Crippen molar-refractivity contribution in [2.45, 2.75) is 77.0 Å². The van der Waals surface area contributed by atoms with E-state index in [0.29, 0.717) is 6.10 Å². The summed E-state index contributed by atoms with van der Waals surface area (Å²) in [5.41, 5.74) is 3.07. The number of hydrogen-bond donors (Lipinski definition) is 1. The van der Waals surface area contributed by atoms with E-state index in [4.69, 9.17) is 4.74 Å². The van der Waals surface area contributed by atoms with E-state index in [-0.39, 0.29) is 17.3 Å². The fourth-order valence-corrected chi connectivity index (χ4v) is 5.08. The second kappa shape index (κ2) is 7.40. The van der Waals surface area contributed by atoms with Gasteiger partial charge < -0.3 is 9.72 Å². The number of hydrogen-bond acceptors (Lipinski definition) is 4. The summed E-state index contributed by atoms with van der Waals surface area (Å²) in [6.45, 7) is 9.42. The quantitative estimate of drug-likeness (QED) is 0.893. The number of imidazole rings is 1. The molecule has 2 aromatic heterocycles. The number of aryl methyl sites for hydroxylation is 1. The van der Waals surface area contributed by atoms with Gasteiger partial charge in [0.2, 0.25) is 0 Å². The van der Waals surface area contributed by atoms with Gasteiger partial charge in [0.15, 0.2) is 0 Å². The molecule has 0 aromatic carbocycles. The second-order valence-electron chi connectivity index (χ2n) is 8.51. The van der Waals surface area contributed by atoms with Gasteiger partial charge in [0.1, 0.15) is 0 Å². The molecular formula is C21H32N4O2. The van der Waals surface area contributed by atoms with Gasteiger partial charge in [-0.3, -0.25) is 14.5 Å². The number of nitrogens with one attached hydrogen (secondary N) is 1. The molecule has 2 aromatic rings. The largest absolute Gasteiger partial charge is 0.379 e. The number of nitrogens with zero attached hydrogens (tertiary/aromatic N) is 3. The monoisotopic (exact) mass is 372 g/mol. The molecule has 0 spiro atoms. The lowest BCUT2D eigenvalue weighted by atomic mass is 9.79. The highest BCUT2D eigenvalue weighted by Crippen LogP contribution is 2.37. The van der Waals surface area contributed by atoms with Gasteiger partial charge in [0, 0.05) is 37.0 Å². The zero-order valence-corrected chi connectivity index (χ0v) is 16.8. The van der Waals surface area contributed by atoms with Crippen molar-refractivity contribution in [1.82, 2.24) is 19.4 Å². The number of H-pyrrole nitrogens is 1. The minimum Gasteiger partial charge on any atom is -0.379 e. The van der Waals surface area contributed by atoms with Gasteiger partial charge in [-0.2, -0.15) is 0 Å². The molecule has 0 unspecified atom stereocenters. The van der Waals surface area contributed by atoms with Crippen molar-refractivity contribution in [1.29, 1.82) is 0 Å². The average Bonchev–Trinajstić information content (AvgIpc) is 2.99. The first-order chi connectivity index (χ1) is 13.0. The van der Waals surface area contributed by atoms with E-state index in [2.05, 4.69) is 28.7 Å². The molecule has 148 valence electrons. The van der Waals surface area contributed by atoms with Crippen molar-refractivity contribution in [3.8, 4) is 0 Å². The zero-order chi connectivity index (χ0) is 19.0. The van der Waals surface area contributed by atoms with Crippen LogP contribution in [0.25, 0.3) is 11.0 Å². The molecule has 1 saturated carbocycles. The number of aromatic nitrogens is 3. The summed E-state index contributed by atoms with van der Waals surface area (Å²) < 4.78 is 7.80. The Hall–Kier alpha value is -1.66. The molecule has 0 bridgehead atoms. The van der Waals surface area contributed by atoms with Crippen LogP contribution in [-0.2, 0) is 4.74 Å². The fourth-order valence-electron chi connectivity index (χ4n) is 5.08. The van der Waals surface area contributed by atoms with E-state index < -0.39 is 0 Å². The summed E-state index contributed by atoms with van der Waals surface area (Å²) >= 11 is 0. The lowest BCUT2D eigenvalue weighted by molar-refractivity contribution is -0.0273. The van der Waals surface area contributed by atoms with Gasteiger partial charge in [0.25, 0.3) is 0 Å². The number of ether oxygens (including phenoxy) is 1. The number of likely N-dealkylation sites (tertiary alicyclic amines) is 1. The second-order valence-corrected chi connectivity index (χ2v) is 8.51. The Labute approximate surface area is 160 Å². The van der Waals surface area contributed by atoms with E-state index in [9.17, 15) is 4.79 Å². The third-order valence-electron chi connectivity index (χ3n) is 6.74. The standard InChI is InChI=1S/C21H32N4O2/c1-4-27-17-5-9-21(3,10-6-17)24-11-7-16(8-12-24)25-19-13-15(2)22-14-18(19)23-20(25)26/h13-14,16-17H,4-12H2,1-3H3,(H,23,26)/t17-,21-. The van der Waals surface area contributed by atoms with Crippen LogP contribution in [0.2, 0.25) is 0 Å². The Morgan fingerprint density at radius 3 is 2.63 bits per heavy atom. The molecule has 27 heavy (non-hydrogen) atoms. The smallest absolute Gasteiger partial charge is 0.326 e. The van der Waals surface area contributed by atoms with Crippen LogP contribution in [0.5, 0.6) is 0 Å². The summed E-state index contributed by atoms with van der Waals surface area (Å²) in [4.78, 5) is 22.5. The number of pyridine rings is 1. The Morgan fingerprint density at radius 1 is 1.26 bits per heavy atom. The van der Waals surface area contributed by atoms with Crippen LogP contribution in [0.1, 0.15) is 64.1 Å². The SMILES string of the molecule is CCO[C@H]1CC[C@](C)(N2CCC(n3c(=O)[nH]c4cnc(C)cc43)CC2)CC1. The number of aromatic amines is 1. The predicted molar refractivity (Wildman–Crippen MR) is 107 cm³/mol. The van der Waals surface area contributed by atoms with Crippen molar-refractivity contribution >= 4 is 11.0 Å². The highest BCUT2D eigenvalue weighted by atomic mass is 16.5. The van der Waals surface area contributed by atoms with Crippen molar-refractivity contribution in [3.05, 3.63) is 28.4 Å². The fraction of sp³-hybridized carbons (Fsp3) is 0.714. The molecule has 1 aliphatic carbocycles. The van der Waals surface area contributed by atoms with Crippen LogP contribution < -0.4 is 5.69 Å². The maximum atomic E-state index is 12.5. The first kappa shape index (κ1) is 18.7. The number of piperidine rings is 1. The first-order valence-electron chi connectivity index (χ1n) is 10.4. The summed E-state index contributed by atoms with van der Waals surface area (Å²) in [7, 11) is 0. The minimum absolute atomic E-state index is 0.000663. The van der Waals surface area contributed by atoms with E-state index in [0.717, 1.165) is 49.3 Å². The van der Waals surface area contributed by atoms with Crippen LogP contribution in [-0.4, -0.2) is 50.8 Å². The highest BCUT2D eigenvalue weighted by Gasteiger charge is 2.38. The molecule has 2 fully saturated rings. The Balaban J connectivity index is 1.45. The molecule has 1 N–H and O–H groups in total. The summed E-state index contributed by atoms with van der Waals surface area (Å²) in [6.07, 6.45) is 9.02. The van der Waals surface area contributed by atoms with Gasteiger partial charge in [-0.05, 0) is 65.4 Å². The van der Waals surface area contributed by atoms with Crippen molar-refractivity contribution in [2.75, 3.05) is 19.7 Å². The topological polar surface area (TPSA) is 63.1 Å². The van der Waals surface area contributed by atoms with Crippen LogP contribution in [0, 0.1) is 6.92 Å². The number of fused-ring (bicyclic) bond motifs is 1. The molecule has 0 amide bonds. The van der Waals surface area contributed by atoms with E-state index in [1.807, 2.05) is 17.6 Å². The summed E-state index contributed by atoms with van der Waals surface area (Å²) in [5.74, 6) is 0. The summed E-state index contributed by atoms with van der Waals surface area (Å²) in [6, 6.07) is 2.29. The molecule has 1 aliphatic heterocycles. The number of rotatable bonds is 4. The lowest BCUT2D eigenvalue weighted by Gasteiger charge is -2.48. The minimum atomic E-state index is -0.000663. The molecule has 0 radical (unpaired) electrons. The van der Waals surface area contributed by atoms with Crippen molar-refractivity contribution < 1.29 is 4.74 Å². The van der Waals surface area contributed by atoms with Gasteiger partial charge in [-0.1, -0.05) is 0 Å². The molecule has 6 nitrogen and oxygen atoms in total. The molecule has 2 aliphatic rings. The van der Waals surface area contributed by atoms with Gasteiger partial charge in [-0.15, -0.1) is 0 Å². The van der Waals surface area contributed by atoms with Crippen molar-refractivity contribution in [2.24, 2.45) is 0 Å². The molecule has 1 saturated heterocycles. The molecule has 3 heterocycles. The van der Waals surface area contributed by atoms with Gasteiger partial charge >= 0.3 is 5.69 Å². The third kappa shape index (κ3) is 3.57. The van der Waals surface area contributed by atoms with Crippen LogP contribution in [0.4, 0.5) is 0 Å². The van der Waals surface area contributed by atoms with Crippen LogP contribution in [0.3, 0.4) is 0 Å². The molecule has 6 heteroatoms. The molecule has 0 atom stereocenters. The summed E-state index contributed by atoms with van der Waals surface area (Å²) in [5, 5.41) is 0. The maximum Gasteiger partial charge on any atom is 0.326 e. The van der Waals surface area contributed by atoms with Gasteiger partial charge in [-0.25, -0.2) is 4.79 Å². The lowest BCUT2D eigenvalue weighted by Crippen LogP contribution is -2.53. The Morgan fingerprint density at radius 2 is 1.96 bits per heavy atom. The van der Waals surface area contributed by atoms with Crippen LogP contribution >= 0.6 is 0 Å². The van der Waals surface area contributed by atoms with Crippen molar-refractivity contribution in [3.63, 3.8) is 0 Å². The predicted octanol–water partition coefficient (Wildman–Crippen LogP) is 3.41. The van der Waals surface area contributed by atoms with Gasteiger partial charge in [0.05, 0.1) is 23.3 Å². The molecule has 4 rings (SSSR count).